The second-order valence-corrected chi connectivity index (χ2v) is 5.30. The number of rotatable bonds is 5. The molecule has 0 saturated heterocycles. The molecule has 0 aliphatic rings. The molecule has 2 rings (SSSR count). The largest absolute Gasteiger partial charge is 0.496 e. The van der Waals surface area contributed by atoms with E-state index in [0.29, 0.717) is 0 Å². The van der Waals surface area contributed by atoms with Crippen molar-refractivity contribution in [3.63, 3.8) is 0 Å². The molecule has 2 aromatic carbocycles. The Labute approximate surface area is 130 Å². The van der Waals surface area contributed by atoms with E-state index in [1.165, 1.54) is 0 Å². The predicted molar refractivity (Wildman–Crippen MR) is 86.7 cm³/mol. The summed E-state index contributed by atoms with van der Waals surface area (Å²) < 4.78 is 11.5. The molecule has 0 radical (unpaired) electrons. The molecule has 0 saturated carbocycles. The molecule has 0 bridgehead atoms. The van der Waals surface area contributed by atoms with Crippen molar-refractivity contribution in [1.29, 1.82) is 0 Å². The van der Waals surface area contributed by atoms with Crippen LogP contribution < -0.4 is 14.8 Å². The van der Waals surface area contributed by atoms with Gasteiger partial charge in [0.2, 0.25) is 0 Å². The molecule has 0 aliphatic carbocycles. The first-order valence-electron chi connectivity index (χ1n) is 6.85. The van der Waals surface area contributed by atoms with E-state index < -0.39 is 0 Å². The maximum Gasteiger partial charge on any atom is 0.135 e. The van der Waals surface area contributed by atoms with Crippen molar-refractivity contribution in [2.45, 2.75) is 19.9 Å². The van der Waals surface area contributed by atoms with Crippen molar-refractivity contribution < 1.29 is 9.47 Å². The van der Waals surface area contributed by atoms with Gasteiger partial charge in [0.25, 0.3) is 0 Å². The summed E-state index contributed by atoms with van der Waals surface area (Å²) in [4.78, 5) is 0. The van der Waals surface area contributed by atoms with Gasteiger partial charge < -0.3 is 14.8 Å². The number of benzene rings is 2. The fourth-order valence-corrected chi connectivity index (χ4v) is 2.29. The Morgan fingerprint density at radius 3 is 2.48 bits per heavy atom. The van der Waals surface area contributed by atoms with Crippen LogP contribution in [0.15, 0.2) is 36.4 Å². The van der Waals surface area contributed by atoms with E-state index in [4.69, 9.17) is 21.1 Å². The SMILES string of the molecule is CNC(C)c1c(OC)cccc1Oc1ccc(Cl)c(C)c1. The molecule has 4 heteroatoms. The number of ether oxygens (including phenoxy) is 2. The topological polar surface area (TPSA) is 30.5 Å². The van der Waals surface area contributed by atoms with E-state index in [2.05, 4.69) is 12.2 Å². The van der Waals surface area contributed by atoms with Crippen molar-refractivity contribution in [3.05, 3.63) is 52.5 Å². The van der Waals surface area contributed by atoms with Gasteiger partial charge in [-0.25, -0.2) is 0 Å². The van der Waals surface area contributed by atoms with Crippen LogP contribution >= 0.6 is 11.6 Å². The minimum absolute atomic E-state index is 0.115. The average Bonchev–Trinajstić information content (AvgIpc) is 2.50. The van der Waals surface area contributed by atoms with Crippen LogP contribution in [-0.4, -0.2) is 14.2 Å². The van der Waals surface area contributed by atoms with Gasteiger partial charge in [0.1, 0.15) is 17.2 Å². The van der Waals surface area contributed by atoms with Gasteiger partial charge in [-0.05, 0) is 56.8 Å². The Bertz CT molecular complexity index is 628. The minimum Gasteiger partial charge on any atom is -0.496 e. The van der Waals surface area contributed by atoms with Gasteiger partial charge in [-0.1, -0.05) is 17.7 Å². The zero-order valence-electron chi connectivity index (χ0n) is 12.7. The van der Waals surface area contributed by atoms with Gasteiger partial charge in [-0.3, -0.25) is 0 Å². The van der Waals surface area contributed by atoms with Crippen LogP contribution in [0.3, 0.4) is 0 Å². The van der Waals surface area contributed by atoms with Crippen LogP contribution in [-0.2, 0) is 0 Å². The Balaban J connectivity index is 2.41. The van der Waals surface area contributed by atoms with E-state index in [1.807, 2.05) is 50.4 Å². The Hall–Kier alpha value is -1.71. The van der Waals surface area contributed by atoms with Gasteiger partial charge in [0, 0.05) is 11.1 Å². The highest BCUT2D eigenvalue weighted by Gasteiger charge is 2.16. The maximum absolute atomic E-state index is 6.05. The zero-order chi connectivity index (χ0) is 15.4. The molecule has 0 amide bonds. The van der Waals surface area contributed by atoms with Crippen LogP contribution in [0.2, 0.25) is 5.02 Å². The maximum atomic E-state index is 6.05. The molecule has 0 fully saturated rings. The fourth-order valence-electron chi connectivity index (χ4n) is 2.17. The summed E-state index contributed by atoms with van der Waals surface area (Å²) in [6, 6.07) is 11.5. The van der Waals surface area contributed by atoms with Crippen LogP contribution in [0.1, 0.15) is 24.1 Å². The lowest BCUT2D eigenvalue weighted by Crippen LogP contribution is -2.14. The minimum atomic E-state index is 0.115. The van der Waals surface area contributed by atoms with E-state index in [9.17, 15) is 0 Å². The lowest BCUT2D eigenvalue weighted by Gasteiger charge is -2.19. The average molecular weight is 306 g/mol. The first-order valence-corrected chi connectivity index (χ1v) is 7.22. The number of halogens is 1. The number of hydrogen-bond donors (Lipinski definition) is 1. The molecule has 112 valence electrons. The Kier molecular flexibility index (Phi) is 5.10. The predicted octanol–water partition coefficient (Wildman–Crippen LogP) is 4.73. The molecule has 2 aromatic rings. The van der Waals surface area contributed by atoms with Crippen LogP contribution in [0.5, 0.6) is 17.2 Å². The molecule has 3 nitrogen and oxygen atoms in total. The summed E-state index contributed by atoms with van der Waals surface area (Å²) in [5.74, 6) is 2.34. The highest BCUT2D eigenvalue weighted by Crippen LogP contribution is 2.36. The van der Waals surface area contributed by atoms with Crippen LogP contribution in [0.25, 0.3) is 0 Å². The molecule has 21 heavy (non-hydrogen) atoms. The lowest BCUT2D eigenvalue weighted by atomic mass is 10.1. The normalized spacial score (nSPS) is 12.0. The second-order valence-electron chi connectivity index (χ2n) is 4.90. The Morgan fingerprint density at radius 2 is 1.86 bits per heavy atom. The fraction of sp³-hybridized carbons (Fsp3) is 0.294. The highest BCUT2D eigenvalue weighted by atomic mass is 35.5. The summed E-state index contributed by atoms with van der Waals surface area (Å²) in [7, 11) is 3.57. The summed E-state index contributed by atoms with van der Waals surface area (Å²) in [6.07, 6.45) is 0. The molecule has 0 spiro atoms. The van der Waals surface area contributed by atoms with Gasteiger partial charge in [-0.2, -0.15) is 0 Å². The number of methoxy groups -OCH3 is 1. The summed E-state index contributed by atoms with van der Waals surface area (Å²) in [6.45, 7) is 4.02. The van der Waals surface area contributed by atoms with E-state index in [-0.39, 0.29) is 6.04 Å². The quantitative estimate of drug-likeness (QED) is 0.866. The van der Waals surface area contributed by atoms with E-state index >= 15 is 0 Å². The lowest BCUT2D eigenvalue weighted by molar-refractivity contribution is 0.393. The highest BCUT2D eigenvalue weighted by molar-refractivity contribution is 6.31. The van der Waals surface area contributed by atoms with E-state index in [1.54, 1.807) is 7.11 Å². The smallest absolute Gasteiger partial charge is 0.135 e. The molecule has 1 unspecified atom stereocenters. The monoisotopic (exact) mass is 305 g/mol. The Morgan fingerprint density at radius 1 is 1.14 bits per heavy atom. The molecule has 0 aromatic heterocycles. The molecule has 1 atom stereocenters. The standard InChI is InChI=1S/C17H20ClNO2/c1-11-10-13(8-9-14(11)18)21-16-7-5-6-15(20-4)17(16)12(2)19-3/h5-10,12,19H,1-4H3. The third-order valence-corrected chi connectivity index (χ3v) is 3.89. The summed E-state index contributed by atoms with van der Waals surface area (Å²) in [5, 5.41) is 3.95. The van der Waals surface area contributed by atoms with Gasteiger partial charge >= 0.3 is 0 Å². The van der Waals surface area contributed by atoms with E-state index in [0.717, 1.165) is 33.4 Å². The van der Waals surface area contributed by atoms with Crippen molar-refractivity contribution in [2.24, 2.45) is 0 Å². The molecule has 0 aliphatic heterocycles. The molecular weight excluding hydrogens is 286 g/mol. The summed E-state index contributed by atoms with van der Waals surface area (Å²) >= 11 is 6.05. The summed E-state index contributed by atoms with van der Waals surface area (Å²) in [5.41, 5.74) is 1.98. The number of nitrogens with one attached hydrogen (secondary N) is 1. The van der Waals surface area contributed by atoms with Gasteiger partial charge in [0.05, 0.1) is 12.7 Å². The molecule has 1 N–H and O–H groups in total. The van der Waals surface area contributed by atoms with Crippen LogP contribution in [0.4, 0.5) is 0 Å². The van der Waals surface area contributed by atoms with Crippen LogP contribution in [0, 0.1) is 6.92 Å². The zero-order valence-corrected chi connectivity index (χ0v) is 13.5. The van der Waals surface area contributed by atoms with Crippen molar-refractivity contribution >= 4 is 11.6 Å². The molecular formula is C17H20ClNO2. The van der Waals surface area contributed by atoms with Gasteiger partial charge in [0.15, 0.2) is 0 Å². The third-order valence-electron chi connectivity index (χ3n) is 3.47. The van der Waals surface area contributed by atoms with Gasteiger partial charge in [-0.15, -0.1) is 0 Å². The molecule has 0 heterocycles. The van der Waals surface area contributed by atoms with Crippen molar-refractivity contribution in [3.8, 4) is 17.2 Å². The third kappa shape index (κ3) is 3.49. The van der Waals surface area contributed by atoms with Crippen molar-refractivity contribution in [1.82, 2.24) is 5.32 Å². The second kappa shape index (κ2) is 6.83. The first kappa shape index (κ1) is 15.7. The number of hydrogen-bond acceptors (Lipinski definition) is 3. The first-order chi connectivity index (χ1) is 10.1. The number of aryl methyl sites for hydroxylation is 1. The van der Waals surface area contributed by atoms with Crippen molar-refractivity contribution in [2.75, 3.05) is 14.2 Å².